The Kier molecular flexibility index (Phi) is 5.80. The summed E-state index contributed by atoms with van der Waals surface area (Å²) in [6.45, 7) is 6.77. The van der Waals surface area contributed by atoms with E-state index in [4.69, 9.17) is 17.3 Å². The lowest BCUT2D eigenvalue weighted by atomic mass is 10.1. The summed E-state index contributed by atoms with van der Waals surface area (Å²) in [4.78, 5) is 12.4. The lowest BCUT2D eigenvalue weighted by Gasteiger charge is -2.09. The van der Waals surface area contributed by atoms with Crippen molar-refractivity contribution in [3.8, 4) is 0 Å². The SMILES string of the molecule is Cc1nn(Cc2ccccc2Cl)c(C)c1C(=O)NCCC(C)N. The number of nitrogens with two attached hydrogens (primary N) is 1. The van der Waals surface area contributed by atoms with Gasteiger partial charge in [0.05, 0.1) is 17.8 Å². The van der Waals surface area contributed by atoms with Crippen LogP contribution in [0.25, 0.3) is 0 Å². The Morgan fingerprint density at radius 1 is 1.39 bits per heavy atom. The summed E-state index contributed by atoms with van der Waals surface area (Å²) in [5, 5.41) is 8.08. The first kappa shape index (κ1) is 17.5. The molecule has 3 N–H and O–H groups in total. The first-order chi connectivity index (χ1) is 10.9. The highest BCUT2D eigenvalue weighted by molar-refractivity contribution is 6.31. The summed E-state index contributed by atoms with van der Waals surface area (Å²) in [7, 11) is 0. The van der Waals surface area contributed by atoms with E-state index in [9.17, 15) is 4.79 Å². The van der Waals surface area contributed by atoms with Gasteiger partial charge >= 0.3 is 0 Å². The molecule has 0 aliphatic rings. The molecule has 1 atom stereocenters. The number of rotatable bonds is 6. The Bertz CT molecular complexity index is 694. The van der Waals surface area contributed by atoms with Gasteiger partial charge in [-0.05, 0) is 38.8 Å². The molecule has 1 heterocycles. The first-order valence-electron chi connectivity index (χ1n) is 7.71. The molecule has 0 aliphatic heterocycles. The molecule has 1 amide bonds. The largest absolute Gasteiger partial charge is 0.352 e. The molecular formula is C17H23ClN4O. The van der Waals surface area contributed by atoms with Crippen LogP contribution in [0.1, 0.15) is 40.7 Å². The van der Waals surface area contributed by atoms with Gasteiger partial charge in [-0.15, -0.1) is 0 Å². The number of carbonyl (C=O) groups excluding carboxylic acids is 1. The quantitative estimate of drug-likeness (QED) is 0.853. The fourth-order valence-corrected chi connectivity index (χ4v) is 2.66. The highest BCUT2D eigenvalue weighted by atomic mass is 35.5. The number of aromatic nitrogens is 2. The Balaban J connectivity index is 2.16. The summed E-state index contributed by atoms with van der Waals surface area (Å²) in [5.74, 6) is -0.106. The van der Waals surface area contributed by atoms with Crippen LogP contribution in [-0.4, -0.2) is 28.3 Å². The lowest BCUT2D eigenvalue weighted by molar-refractivity contribution is 0.0951. The van der Waals surface area contributed by atoms with Crippen LogP contribution >= 0.6 is 11.6 Å². The molecule has 0 bridgehead atoms. The van der Waals surface area contributed by atoms with Gasteiger partial charge in [0, 0.05) is 23.3 Å². The molecule has 1 unspecified atom stereocenters. The Labute approximate surface area is 141 Å². The molecule has 124 valence electrons. The van der Waals surface area contributed by atoms with Crippen LogP contribution in [0.2, 0.25) is 5.02 Å². The van der Waals surface area contributed by atoms with E-state index in [2.05, 4.69) is 10.4 Å². The molecular weight excluding hydrogens is 312 g/mol. The third kappa shape index (κ3) is 4.33. The normalized spacial score (nSPS) is 12.2. The molecule has 2 aromatic rings. The fraction of sp³-hybridized carbons (Fsp3) is 0.412. The van der Waals surface area contributed by atoms with Gasteiger partial charge in [0.2, 0.25) is 0 Å². The minimum Gasteiger partial charge on any atom is -0.352 e. The maximum Gasteiger partial charge on any atom is 0.255 e. The number of halogens is 1. The van der Waals surface area contributed by atoms with Crippen LogP contribution < -0.4 is 11.1 Å². The molecule has 0 fully saturated rings. The van der Waals surface area contributed by atoms with Crippen LogP contribution in [0.15, 0.2) is 24.3 Å². The van der Waals surface area contributed by atoms with Gasteiger partial charge in [-0.2, -0.15) is 5.10 Å². The van der Waals surface area contributed by atoms with Gasteiger partial charge in [-0.3, -0.25) is 9.48 Å². The number of amides is 1. The summed E-state index contributed by atoms with van der Waals surface area (Å²) in [6.07, 6.45) is 0.748. The number of hydrogen-bond acceptors (Lipinski definition) is 3. The molecule has 0 saturated carbocycles. The molecule has 0 saturated heterocycles. The topological polar surface area (TPSA) is 72.9 Å². The second-order valence-corrected chi connectivity index (χ2v) is 6.22. The average molecular weight is 335 g/mol. The maximum absolute atomic E-state index is 12.4. The number of carbonyl (C=O) groups is 1. The van der Waals surface area contributed by atoms with E-state index < -0.39 is 0 Å². The zero-order valence-corrected chi connectivity index (χ0v) is 14.5. The molecule has 6 heteroatoms. The number of aryl methyl sites for hydroxylation is 1. The van der Waals surface area contributed by atoms with E-state index in [-0.39, 0.29) is 11.9 Å². The second-order valence-electron chi connectivity index (χ2n) is 5.82. The minimum absolute atomic E-state index is 0.0699. The van der Waals surface area contributed by atoms with Gasteiger partial charge in [-0.1, -0.05) is 29.8 Å². The van der Waals surface area contributed by atoms with E-state index in [0.717, 1.165) is 17.7 Å². The molecule has 0 aliphatic carbocycles. The first-order valence-corrected chi connectivity index (χ1v) is 8.09. The van der Waals surface area contributed by atoms with Crippen molar-refractivity contribution in [3.05, 3.63) is 51.8 Å². The average Bonchev–Trinajstić information content (AvgIpc) is 2.75. The molecule has 0 spiro atoms. The monoisotopic (exact) mass is 334 g/mol. The zero-order chi connectivity index (χ0) is 17.0. The standard InChI is InChI=1S/C17H23ClN4O/c1-11(19)8-9-20-17(23)16-12(2)21-22(13(16)3)10-14-6-4-5-7-15(14)18/h4-7,11H,8-10,19H2,1-3H3,(H,20,23). The second kappa shape index (κ2) is 7.62. The van der Waals surface area contributed by atoms with Crippen LogP contribution in [-0.2, 0) is 6.54 Å². The van der Waals surface area contributed by atoms with Gasteiger partial charge in [0.25, 0.3) is 5.91 Å². The van der Waals surface area contributed by atoms with Crippen LogP contribution in [0, 0.1) is 13.8 Å². The van der Waals surface area contributed by atoms with Crippen molar-refractivity contribution >= 4 is 17.5 Å². The van der Waals surface area contributed by atoms with E-state index in [0.29, 0.717) is 29.4 Å². The number of hydrogen-bond donors (Lipinski definition) is 2. The third-order valence-corrected chi connectivity index (χ3v) is 4.14. The van der Waals surface area contributed by atoms with E-state index >= 15 is 0 Å². The van der Waals surface area contributed by atoms with Crippen molar-refractivity contribution in [2.45, 2.75) is 39.8 Å². The Morgan fingerprint density at radius 3 is 2.74 bits per heavy atom. The van der Waals surface area contributed by atoms with Crippen molar-refractivity contribution < 1.29 is 4.79 Å². The molecule has 0 radical (unpaired) electrons. The summed E-state index contributed by atoms with van der Waals surface area (Å²) in [6, 6.07) is 7.71. The number of nitrogens with one attached hydrogen (secondary N) is 1. The Morgan fingerprint density at radius 2 is 2.09 bits per heavy atom. The predicted octanol–water partition coefficient (Wildman–Crippen LogP) is 2.67. The smallest absolute Gasteiger partial charge is 0.255 e. The van der Waals surface area contributed by atoms with Crippen molar-refractivity contribution in [1.82, 2.24) is 15.1 Å². The zero-order valence-electron chi connectivity index (χ0n) is 13.8. The fourth-order valence-electron chi connectivity index (χ4n) is 2.47. The van der Waals surface area contributed by atoms with Crippen LogP contribution in [0.5, 0.6) is 0 Å². The maximum atomic E-state index is 12.4. The van der Waals surface area contributed by atoms with Crippen molar-refractivity contribution in [2.75, 3.05) is 6.54 Å². The Hall–Kier alpha value is -1.85. The number of nitrogens with zero attached hydrogens (tertiary/aromatic N) is 2. The molecule has 1 aromatic carbocycles. The number of benzene rings is 1. The van der Waals surface area contributed by atoms with Crippen molar-refractivity contribution in [1.29, 1.82) is 0 Å². The molecule has 2 rings (SSSR count). The predicted molar refractivity (Wildman–Crippen MR) is 92.9 cm³/mol. The van der Waals surface area contributed by atoms with Gasteiger partial charge < -0.3 is 11.1 Å². The van der Waals surface area contributed by atoms with E-state index in [1.165, 1.54) is 0 Å². The lowest BCUT2D eigenvalue weighted by Crippen LogP contribution is -2.29. The van der Waals surface area contributed by atoms with Crippen molar-refractivity contribution in [3.63, 3.8) is 0 Å². The summed E-state index contributed by atoms with van der Waals surface area (Å²) < 4.78 is 1.82. The minimum atomic E-state index is -0.106. The van der Waals surface area contributed by atoms with Crippen molar-refractivity contribution in [2.24, 2.45) is 5.73 Å². The molecule has 1 aromatic heterocycles. The van der Waals surface area contributed by atoms with Gasteiger partial charge in [0.1, 0.15) is 0 Å². The van der Waals surface area contributed by atoms with E-state index in [1.54, 1.807) is 0 Å². The van der Waals surface area contributed by atoms with Gasteiger partial charge in [0.15, 0.2) is 0 Å². The highest BCUT2D eigenvalue weighted by Gasteiger charge is 2.18. The van der Waals surface area contributed by atoms with Crippen LogP contribution in [0.4, 0.5) is 0 Å². The molecule has 5 nitrogen and oxygen atoms in total. The highest BCUT2D eigenvalue weighted by Crippen LogP contribution is 2.19. The summed E-state index contributed by atoms with van der Waals surface area (Å²) >= 11 is 6.20. The van der Waals surface area contributed by atoms with Crippen LogP contribution in [0.3, 0.4) is 0 Å². The molecule has 23 heavy (non-hydrogen) atoms. The summed E-state index contributed by atoms with van der Waals surface area (Å²) in [5.41, 5.74) is 8.85. The van der Waals surface area contributed by atoms with Gasteiger partial charge in [-0.25, -0.2) is 0 Å². The van der Waals surface area contributed by atoms with E-state index in [1.807, 2.05) is 49.7 Å². The third-order valence-electron chi connectivity index (χ3n) is 3.77.